The lowest BCUT2D eigenvalue weighted by atomic mass is 10.1. The van der Waals surface area contributed by atoms with Gasteiger partial charge in [0.15, 0.2) is 0 Å². The number of aromatic nitrogens is 1. The third-order valence-corrected chi connectivity index (χ3v) is 2.41. The Morgan fingerprint density at radius 2 is 1.69 bits per heavy atom. The Labute approximate surface area is 96.4 Å². The molecule has 0 saturated carbocycles. The van der Waals surface area contributed by atoms with E-state index in [0.717, 1.165) is 17.2 Å². The van der Waals surface area contributed by atoms with Crippen LogP contribution in [0, 0.1) is 0 Å². The predicted molar refractivity (Wildman–Crippen MR) is 68.1 cm³/mol. The van der Waals surface area contributed by atoms with Crippen molar-refractivity contribution in [2.24, 2.45) is 0 Å². The number of para-hydroxylation sites is 1. The SMILES string of the molecule is CC(C)c1cccc(Nc2ccccc2)n1. The third-order valence-electron chi connectivity index (χ3n) is 2.41. The van der Waals surface area contributed by atoms with E-state index in [1.807, 2.05) is 42.5 Å². The first kappa shape index (κ1) is 10.7. The smallest absolute Gasteiger partial charge is 0.130 e. The van der Waals surface area contributed by atoms with Crippen LogP contribution in [0.2, 0.25) is 0 Å². The largest absolute Gasteiger partial charge is 0.340 e. The van der Waals surface area contributed by atoms with Crippen molar-refractivity contribution < 1.29 is 0 Å². The van der Waals surface area contributed by atoms with Crippen LogP contribution in [-0.2, 0) is 0 Å². The molecule has 82 valence electrons. The first-order valence-corrected chi connectivity index (χ1v) is 5.55. The second-order valence-corrected chi connectivity index (χ2v) is 4.09. The molecular weight excluding hydrogens is 196 g/mol. The molecule has 0 radical (unpaired) electrons. The van der Waals surface area contributed by atoms with E-state index in [4.69, 9.17) is 0 Å². The van der Waals surface area contributed by atoms with Gasteiger partial charge >= 0.3 is 0 Å². The highest BCUT2D eigenvalue weighted by Crippen LogP contribution is 2.17. The molecule has 0 aliphatic carbocycles. The minimum atomic E-state index is 0.456. The van der Waals surface area contributed by atoms with Gasteiger partial charge in [-0.2, -0.15) is 0 Å². The topological polar surface area (TPSA) is 24.9 Å². The van der Waals surface area contributed by atoms with Gasteiger partial charge in [-0.15, -0.1) is 0 Å². The van der Waals surface area contributed by atoms with Gasteiger partial charge in [0.2, 0.25) is 0 Å². The molecule has 1 aromatic heterocycles. The molecule has 0 atom stereocenters. The van der Waals surface area contributed by atoms with Crippen LogP contribution in [0.5, 0.6) is 0 Å². The zero-order valence-corrected chi connectivity index (χ0v) is 9.64. The standard InChI is InChI=1S/C14H16N2/c1-11(2)13-9-6-10-14(16-13)15-12-7-4-3-5-8-12/h3-11H,1-2H3,(H,15,16). The van der Waals surface area contributed by atoms with Gasteiger partial charge in [-0.25, -0.2) is 4.98 Å². The predicted octanol–water partition coefficient (Wildman–Crippen LogP) is 3.95. The van der Waals surface area contributed by atoms with Crippen molar-refractivity contribution in [3.8, 4) is 0 Å². The van der Waals surface area contributed by atoms with Gasteiger partial charge in [0.25, 0.3) is 0 Å². The Morgan fingerprint density at radius 3 is 2.38 bits per heavy atom. The number of rotatable bonds is 3. The maximum atomic E-state index is 4.56. The molecule has 0 bridgehead atoms. The van der Waals surface area contributed by atoms with Crippen molar-refractivity contribution >= 4 is 11.5 Å². The quantitative estimate of drug-likeness (QED) is 0.833. The second kappa shape index (κ2) is 4.79. The molecule has 16 heavy (non-hydrogen) atoms. The van der Waals surface area contributed by atoms with Gasteiger partial charge in [-0.05, 0) is 30.2 Å². The monoisotopic (exact) mass is 212 g/mol. The number of nitrogens with zero attached hydrogens (tertiary/aromatic N) is 1. The molecule has 2 rings (SSSR count). The van der Waals surface area contributed by atoms with Gasteiger partial charge in [0, 0.05) is 11.4 Å². The maximum absolute atomic E-state index is 4.56. The van der Waals surface area contributed by atoms with Crippen LogP contribution in [0.15, 0.2) is 48.5 Å². The summed E-state index contributed by atoms with van der Waals surface area (Å²) in [5.74, 6) is 1.36. The molecule has 1 N–H and O–H groups in total. The fourth-order valence-electron chi connectivity index (χ4n) is 1.51. The van der Waals surface area contributed by atoms with E-state index in [-0.39, 0.29) is 0 Å². The first-order chi connectivity index (χ1) is 7.75. The Balaban J connectivity index is 2.19. The Bertz CT molecular complexity index is 449. The van der Waals surface area contributed by atoms with Gasteiger partial charge in [0.05, 0.1) is 0 Å². The highest BCUT2D eigenvalue weighted by Gasteiger charge is 2.01. The molecule has 0 fully saturated rings. The summed E-state index contributed by atoms with van der Waals surface area (Å²) in [4.78, 5) is 4.56. The molecular formula is C14H16N2. The summed E-state index contributed by atoms with van der Waals surface area (Å²) in [6.45, 7) is 4.29. The van der Waals surface area contributed by atoms with Crippen LogP contribution in [-0.4, -0.2) is 4.98 Å². The summed E-state index contributed by atoms with van der Waals surface area (Å²) in [6, 6.07) is 16.2. The zero-order chi connectivity index (χ0) is 11.4. The molecule has 2 aromatic rings. The van der Waals surface area contributed by atoms with Gasteiger partial charge < -0.3 is 5.32 Å². The molecule has 2 nitrogen and oxygen atoms in total. The third kappa shape index (κ3) is 2.60. The molecule has 0 saturated heterocycles. The number of hydrogen-bond donors (Lipinski definition) is 1. The van der Waals surface area contributed by atoms with Gasteiger partial charge in [0.1, 0.15) is 5.82 Å². The molecule has 1 aromatic carbocycles. The number of benzene rings is 1. The normalized spacial score (nSPS) is 10.4. The Morgan fingerprint density at radius 1 is 0.938 bits per heavy atom. The highest BCUT2D eigenvalue weighted by atomic mass is 15.0. The van der Waals surface area contributed by atoms with E-state index in [2.05, 4.69) is 30.2 Å². The first-order valence-electron chi connectivity index (χ1n) is 5.55. The molecule has 0 unspecified atom stereocenters. The van der Waals surface area contributed by atoms with E-state index >= 15 is 0 Å². The van der Waals surface area contributed by atoms with Gasteiger partial charge in [-0.3, -0.25) is 0 Å². The summed E-state index contributed by atoms with van der Waals surface area (Å²) < 4.78 is 0. The van der Waals surface area contributed by atoms with Crippen LogP contribution < -0.4 is 5.32 Å². The summed E-state index contributed by atoms with van der Waals surface area (Å²) in [7, 11) is 0. The minimum Gasteiger partial charge on any atom is -0.340 e. The van der Waals surface area contributed by atoms with Crippen LogP contribution in [0.3, 0.4) is 0 Å². The minimum absolute atomic E-state index is 0.456. The van der Waals surface area contributed by atoms with Crippen LogP contribution in [0.25, 0.3) is 0 Å². The Kier molecular flexibility index (Phi) is 3.20. The van der Waals surface area contributed by atoms with Crippen molar-refractivity contribution in [2.75, 3.05) is 5.32 Å². The molecule has 0 aliphatic heterocycles. The molecule has 2 heteroatoms. The van der Waals surface area contributed by atoms with Gasteiger partial charge in [-0.1, -0.05) is 38.1 Å². The van der Waals surface area contributed by atoms with Crippen molar-refractivity contribution in [1.82, 2.24) is 4.98 Å². The molecule has 1 heterocycles. The van der Waals surface area contributed by atoms with Crippen molar-refractivity contribution in [2.45, 2.75) is 19.8 Å². The highest BCUT2D eigenvalue weighted by molar-refractivity contribution is 5.55. The van der Waals surface area contributed by atoms with Crippen molar-refractivity contribution in [1.29, 1.82) is 0 Å². The van der Waals surface area contributed by atoms with E-state index in [9.17, 15) is 0 Å². The van der Waals surface area contributed by atoms with E-state index in [1.165, 1.54) is 0 Å². The summed E-state index contributed by atoms with van der Waals surface area (Å²) in [6.07, 6.45) is 0. The van der Waals surface area contributed by atoms with Crippen LogP contribution in [0.1, 0.15) is 25.5 Å². The fraction of sp³-hybridized carbons (Fsp3) is 0.214. The average molecular weight is 212 g/mol. The lowest BCUT2D eigenvalue weighted by Gasteiger charge is -2.09. The lowest BCUT2D eigenvalue weighted by Crippen LogP contribution is -1.97. The van der Waals surface area contributed by atoms with E-state index in [0.29, 0.717) is 5.92 Å². The summed E-state index contributed by atoms with van der Waals surface area (Å²) in [5.41, 5.74) is 2.18. The number of nitrogens with one attached hydrogen (secondary N) is 1. The molecule has 0 amide bonds. The fourth-order valence-corrected chi connectivity index (χ4v) is 1.51. The maximum Gasteiger partial charge on any atom is 0.130 e. The second-order valence-electron chi connectivity index (χ2n) is 4.09. The Hall–Kier alpha value is -1.83. The van der Waals surface area contributed by atoms with E-state index in [1.54, 1.807) is 0 Å². The molecule has 0 spiro atoms. The zero-order valence-electron chi connectivity index (χ0n) is 9.64. The van der Waals surface area contributed by atoms with Crippen LogP contribution in [0.4, 0.5) is 11.5 Å². The summed E-state index contributed by atoms with van der Waals surface area (Å²) >= 11 is 0. The number of anilines is 2. The number of pyridine rings is 1. The van der Waals surface area contributed by atoms with Crippen molar-refractivity contribution in [3.05, 3.63) is 54.2 Å². The van der Waals surface area contributed by atoms with Crippen molar-refractivity contribution in [3.63, 3.8) is 0 Å². The number of hydrogen-bond acceptors (Lipinski definition) is 2. The van der Waals surface area contributed by atoms with Crippen LogP contribution >= 0.6 is 0 Å². The average Bonchev–Trinajstić information content (AvgIpc) is 2.30. The lowest BCUT2D eigenvalue weighted by molar-refractivity contribution is 0.825. The van der Waals surface area contributed by atoms with E-state index < -0.39 is 0 Å². The molecule has 0 aliphatic rings. The summed E-state index contributed by atoms with van der Waals surface area (Å²) in [5, 5.41) is 3.29.